The van der Waals surface area contributed by atoms with Crippen LogP contribution in [0.3, 0.4) is 0 Å². The minimum Gasteiger partial charge on any atom is -0.353 e. The van der Waals surface area contributed by atoms with E-state index in [1.807, 2.05) is 13.8 Å². The second-order valence-corrected chi connectivity index (χ2v) is 5.17. The number of carbonyl (C=O) groups is 1. The number of benzene rings is 1. The molecular formula is C13H18N2O3S. The zero-order valence-electron chi connectivity index (χ0n) is 11.1. The van der Waals surface area contributed by atoms with Crippen LogP contribution >= 0.6 is 11.8 Å². The summed E-state index contributed by atoms with van der Waals surface area (Å²) in [6.45, 7) is 4.08. The highest BCUT2D eigenvalue weighted by atomic mass is 32.2. The van der Waals surface area contributed by atoms with Crippen molar-refractivity contribution in [3.05, 3.63) is 34.4 Å². The topological polar surface area (TPSA) is 72.2 Å². The summed E-state index contributed by atoms with van der Waals surface area (Å²) >= 11 is 1.38. The fourth-order valence-corrected chi connectivity index (χ4v) is 2.28. The summed E-state index contributed by atoms with van der Waals surface area (Å²) in [5.74, 6) is 0.325. The van der Waals surface area contributed by atoms with Crippen LogP contribution in [-0.2, 0) is 4.79 Å². The lowest BCUT2D eigenvalue weighted by molar-refractivity contribution is -0.384. The first-order chi connectivity index (χ1) is 9.06. The predicted octanol–water partition coefficient (Wildman–Crippen LogP) is 2.99. The molecule has 0 bridgehead atoms. The first-order valence-electron chi connectivity index (χ1n) is 6.23. The van der Waals surface area contributed by atoms with E-state index >= 15 is 0 Å². The Bertz CT molecular complexity index is 430. The summed E-state index contributed by atoms with van der Waals surface area (Å²) < 4.78 is 0. The van der Waals surface area contributed by atoms with Crippen molar-refractivity contribution in [3.8, 4) is 0 Å². The molecule has 0 saturated heterocycles. The van der Waals surface area contributed by atoms with E-state index in [9.17, 15) is 14.9 Å². The number of nitrogens with one attached hydrogen (secondary N) is 1. The summed E-state index contributed by atoms with van der Waals surface area (Å²) in [5.41, 5.74) is 0.0610. The highest BCUT2D eigenvalue weighted by Crippen LogP contribution is 2.21. The summed E-state index contributed by atoms with van der Waals surface area (Å²) in [7, 11) is 0. The maximum atomic E-state index is 11.7. The molecule has 0 unspecified atom stereocenters. The summed E-state index contributed by atoms with van der Waals surface area (Å²) in [6, 6.07) is 6.44. The van der Waals surface area contributed by atoms with E-state index in [1.54, 1.807) is 12.1 Å². The molecule has 0 atom stereocenters. The van der Waals surface area contributed by atoms with E-state index in [0.29, 0.717) is 5.75 Å². The number of non-ortho nitro benzene ring substituents is 1. The normalized spacial score (nSPS) is 10.5. The van der Waals surface area contributed by atoms with Crippen molar-refractivity contribution >= 4 is 23.4 Å². The lowest BCUT2D eigenvalue weighted by Crippen LogP contribution is -2.34. The number of hydrogen-bond acceptors (Lipinski definition) is 4. The molecule has 1 aromatic rings. The second kappa shape index (κ2) is 7.78. The van der Waals surface area contributed by atoms with Gasteiger partial charge in [-0.15, -0.1) is 11.8 Å². The third-order valence-electron chi connectivity index (χ3n) is 2.77. The fourth-order valence-electron chi connectivity index (χ4n) is 1.58. The van der Waals surface area contributed by atoms with Crippen LogP contribution in [0.1, 0.15) is 26.7 Å². The molecule has 0 saturated carbocycles. The van der Waals surface area contributed by atoms with Crippen molar-refractivity contribution in [1.29, 1.82) is 0 Å². The highest BCUT2D eigenvalue weighted by molar-refractivity contribution is 8.00. The molecule has 1 aromatic carbocycles. The second-order valence-electron chi connectivity index (χ2n) is 4.12. The van der Waals surface area contributed by atoms with Gasteiger partial charge in [-0.3, -0.25) is 14.9 Å². The zero-order chi connectivity index (χ0) is 14.3. The Morgan fingerprint density at radius 3 is 2.37 bits per heavy atom. The number of hydrogen-bond donors (Lipinski definition) is 1. The molecule has 0 radical (unpaired) electrons. The summed E-state index contributed by atoms with van der Waals surface area (Å²) in [4.78, 5) is 22.6. The Hall–Kier alpha value is -1.56. The molecular weight excluding hydrogens is 264 g/mol. The van der Waals surface area contributed by atoms with Gasteiger partial charge in [0.1, 0.15) is 0 Å². The van der Waals surface area contributed by atoms with E-state index in [4.69, 9.17) is 0 Å². The number of amides is 1. The molecule has 0 aliphatic heterocycles. The van der Waals surface area contributed by atoms with Crippen LogP contribution in [0.25, 0.3) is 0 Å². The van der Waals surface area contributed by atoms with Gasteiger partial charge in [0.25, 0.3) is 5.69 Å². The molecule has 1 amide bonds. The van der Waals surface area contributed by atoms with Crippen molar-refractivity contribution < 1.29 is 9.72 Å². The Morgan fingerprint density at radius 1 is 1.32 bits per heavy atom. The third-order valence-corrected chi connectivity index (χ3v) is 3.78. The van der Waals surface area contributed by atoms with Gasteiger partial charge in [-0.2, -0.15) is 0 Å². The largest absolute Gasteiger partial charge is 0.353 e. The van der Waals surface area contributed by atoms with Crippen LogP contribution in [0, 0.1) is 10.1 Å². The highest BCUT2D eigenvalue weighted by Gasteiger charge is 2.09. The van der Waals surface area contributed by atoms with Gasteiger partial charge in [-0.05, 0) is 25.0 Å². The number of nitro groups is 1. The van der Waals surface area contributed by atoms with Gasteiger partial charge in [-0.25, -0.2) is 0 Å². The standard InChI is InChI=1S/C13H18N2O3S/c1-3-10(4-2)14-13(16)9-19-12-7-5-11(6-8-12)15(17)18/h5-8,10H,3-4,9H2,1-2H3,(H,14,16). The zero-order valence-corrected chi connectivity index (χ0v) is 11.9. The van der Waals surface area contributed by atoms with Crippen molar-refractivity contribution in [1.82, 2.24) is 5.32 Å². The molecule has 0 spiro atoms. The van der Waals surface area contributed by atoms with E-state index in [2.05, 4.69) is 5.32 Å². The molecule has 5 nitrogen and oxygen atoms in total. The maximum absolute atomic E-state index is 11.7. The molecule has 1 rings (SSSR count). The smallest absolute Gasteiger partial charge is 0.269 e. The summed E-state index contributed by atoms with van der Waals surface area (Å²) in [6.07, 6.45) is 1.84. The lowest BCUT2D eigenvalue weighted by Gasteiger charge is -2.14. The van der Waals surface area contributed by atoms with E-state index < -0.39 is 4.92 Å². The minimum absolute atomic E-state index is 0.00273. The van der Waals surface area contributed by atoms with Crippen molar-refractivity contribution in [2.45, 2.75) is 37.6 Å². The lowest BCUT2D eigenvalue weighted by atomic mass is 10.2. The molecule has 104 valence electrons. The molecule has 0 aromatic heterocycles. The SMILES string of the molecule is CCC(CC)NC(=O)CSc1ccc([N+](=O)[O-])cc1. The van der Waals surface area contributed by atoms with E-state index in [0.717, 1.165) is 17.7 Å². The third kappa shape index (κ3) is 5.30. The van der Waals surface area contributed by atoms with Gasteiger partial charge in [0, 0.05) is 23.1 Å². The van der Waals surface area contributed by atoms with Gasteiger partial charge in [0.05, 0.1) is 10.7 Å². The Kier molecular flexibility index (Phi) is 6.35. The van der Waals surface area contributed by atoms with Gasteiger partial charge >= 0.3 is 0 Å². The molecule has 19 heavy (non-hydrogen) atoms. The maximum Gasteiger partial charge on any atom is 0.269 e. The number of nitrogens with zero attached hydrogens (tertiary/aromatic N) is 1. The van der Waals surface area contributed by atoms with Crippen LogP contribution in [0.15, 0.2) is 29.2 Å². The van der Waals surface area contributed by atoms with Gasteiger partial charge in [0.2, 0.25) is 5.91 Å². The molecule has 0 aliphatic carbocycles. The fraction of sp³-hybridized carbons (Fsp3) is 0.462. The first kappa shape index (κ1) is 15.5. The van der Waals surface area contributed by atoms with Crippen LogP contribution in [0.2, 0.25) is 0 Å². The van der Waals surface area contributed by atoms with Crippen LogP contribution in [0.4, 0.5) is 5.69 Å². The number of nitro benzene ring substituents is 1. The van der Waals surface area contributed by atoms with E-state index in [1.165, 1.54) is 23.9 Å². The number of rotatable bonds is 7. The van der Waals surface area contributed by atoms with Crippen LogP contribution < -0.4 is 5.32 Å². The minimum atomic E-state index is -0.436. The monoisotopic (exact) mass is 282 g/mol. The van der Waals surface area contributed by atoms with Crippen molar-refractivity contribution in [3.63, 3.8) is 0 Å². The van der Waals surface area contributed by atoms with Crippen LogP contribution in [-0.4, -0.2) is 22.6 Å². The number of carbonyl (C=O) groups excluding carboxylic acids is 1. The molecule has 1 N–H and O–H groups in total. The van der Waals surface area contributed by atoms with Crippen LogP contribution in [0.5, 0.6) is 0 Å². The Morgan fingerprint density at radius 2 is 1.89 bits per heavy atom. The molecule has 0 aliphatic rings. The molecule has 0 fully saturated rings. The average molecular weight is 282 g/mol. The quantitative estimate of drug-likeness (QED) is 0.474. The van der Waals surface area contributed by atoms with Gasteiger partial charge < -0.3 is 5.32 Å². The predicted molar refractivity (Wildman–Crippen MR) is 76.3 cm³/mol. The summed E-state index contributed by atoms with van der Waals surface area (Å²) in [5, 5.41) is 13.4. The first-order valence-corrected chi connectivity index (χ1v) is 7.22. The van der Waals surface area contributed by atoms with Gasteiger partial charge in [-0.1, -0.05) is 13.8 Å². The Balaban J connectivity index is 2.43. The van der Waals surface area contributed by atoms with Gasteiger partial charge in [0.15, 0.2) is 0 Å². The molecule has 0 heterocycles. The van der Waals surface area contributed by atoms with Crippen molar-refractivity contribution in [2.75, 3.05) is 5.75 Å². The average Bonchev–Trinajstić information content (AvgIpc) is 2.43. The Labute approximate surface area is 116 Å². The molecule has 6 heteroatoms. The van der Waals surface area contributed by atoms with Crippen molar-refractivity contribution in [2.24, 2.45) is 0 Å². The van der Waals surface area contributed by atoms with E-state index in [-0.39, 0.29) is 17.6 Å². The number of thioether (sulfide) groups is 1.